The van der Waals surface area contributed by atoms with Gasteiger partial charge in [0.25, 0.3) is 0 Å². The molecule has 11 heteroatoms. The summed E-state index contributed by atoms with van der Waals surface area (Å²) in [5.74, 6) is 1.79. The number of aromatic nitrogens is 4. The molecule has 0 bridgehead atoms. The topological polar surface area (TPSA) is 61.3 Å². The van der Waals surface area contributed by atoms with Gasteiger partial charge in [0.15, 0.2) is 5.82 Å². The number of hydrogen-bond donors (Lipinski definition) is 0. The summed E-state index contributed by atoms with van der Waals surface area (Å²) >= 11 is 1.66. The molecule has 0 radical (unpaired) electrons. The van der Waals surface area contributed by atoms with Gasteiger partial charge in [-0.2, -0.15) is 28.1 Å². The summed E-state index contributed by atoms with van der Waals surface area (Å²) in [4.78, 5) is 25.6. The maximum atomic E-state index is 13.5. The van der Waals surface area contributed by atoms with Crippen LogP contribution >= 0.6 is 11.8 Å². The minimum absolute atomic E-state index is 0.0264. The molecule has 0 spiro atoms. The van der Waals surface area contributed by atoms with Crippen LogP contribution in [0.4, 0.5) is 30.9 Å². The van der Waals surface area contributed by atoms with Gasteiger partial charge in [0.1, 0.15) is 5.82 Å². The largest absolute Gasteiger partial charge is 0.419 e. The van der Waals surface area contributed by atoms with E-state index in [-0.39, 0.29) is 5.82 Å². The third kappa shape index (κ3) is 5.07. The average molecular weight is 516 g/mol. The highest BCUT2D eigenvalue weighted by atomic mass is 32.2. The second-order valence-corrected chi connectivity index (χ2v) is 9.90. The Hall–Kier alpha value is -3.08. The predicted molar refractivity (Wildman–Crippen MR) is 137 cm³/mol. The van der Waals surface area contributed by atoms with Crippen LogP contribution in [0.3, 0.4) is 0 Å². The molecular weight excluding hydrogens is 487 g/mol. The van der Waals surface area contributed by atoms with Crippen LogP contribution in [-0.2, 0) is 6.18 Å². The van der Waals surface area contributed by atoms with Gasteiger partial charge in [-0.3, -0.25) is 0 Å². The Balaban J connectivity index is 1.43. The molecule has 190 valence electrons. The van der Waals surface area contributed by atoms with Crippen molar-refractivity contribution in [3.63, 3.8) is 0 Å². The van der Waals surface area contributed by atoms with E-state index in [0.717, 1.165) is 35.9 Å². The van der Waals surface area contributed by atoms with E-state index in [2.05, 4.69) is 22.9 Å². The summed E-state index contributed by atoms with van der Waals surface area (Å²) in [5.41, 5.74) is 0.209. The molecule has 1 atom stereocenters. The van der Waals surface area contributed by atoms with Crippen LogP contribution < -0.4 is 14.7 Å². The number of nitrogens with zero attached hydrogens (tertiary/aromatic N) is 7. The molecule has 5 rings (SSSR count). The van der Waals surface area contributed by atoms with Crippen molar-refractivity contribution in [2.24, 2.45) is 0 Å². The normalized spacial score (nSPS) is 18.7. The lowest BCUT2D eigenvalue weighted by Gasteiger charge is -2.36. The second kappa shape index (κ2) is 10.1. The third-order valence-electron chi connectivity index (χ3n) is 6.70. The Morgan fingerprint density at radius 2 is 1.67 bits per heavy atom. The minimum Gasteiger partial charge on any atom is -0.353 e. The molecule has 7 nitrogen and oxygen atoms in total. The zero-order valence-electron chi connectivity index (χ0n) is 20.2. The van der Waals surface area contributed by atoms with Crippen LogP contribution in [0.15, 0.2) is 47.5 Å². The Labute approximate surface area is 212 Å². The smallest absolute Gasteiger partial charge is 0.353 e. The Morgan fingerprint density at radius 1 is 0.917 bits per heavy atom. The average Bonchev–Trinajstić information content (AvgIpc) is 3.34. The van der Waals surface area contributed by atoms with Crippen molar-refractivity contribution in [2.45, 2.75) is 36.9 Å². The predicted octanol–water partition coefficient (Wildman–Crippen LogP) is 4.99. The first-order chi connectivity index (χ1) is 17.3. The van der Waals surface area contributed by atoms with Crippen LogP contribution in [0, 0.1) is 0 Å². The lowest BCUT2D eigenvalue weighted by molar-refractivity contribution is -0.137. The summed E-state index contributed by atoms with van der Waals surface area (Å²) in [6.45, 7) is 4.81. The van der Waals surface area contributed by atoms with Crippen molar-refractivity contribution in [3.05, 3.63) is 48.2 Å². The molecule has 2 aliphatic heterocycles. The fourth-order valence-electron chi connectivity index (χ4n) is 4.73. The van der Waals surface area contributed by atoms with Crippen molar-refractivity contribution < 1.29 is 13.2 Å². The lowest BCUT2D eigenvalue weighted by Crippen LogP contribution is -2.48. The monoisotopic (exact) mass is 515 g/mol. The molecule has 0 N–H and O–H groups in total. The van der Waals surface area contributed by atoms with Crippen molar-refractivity contribution in [3.8, 4) is 11.4 Å². The van der Waals surface area contributed by atoms with E-state index in [0.29, 0.717) is 49.9 Å². The lowest BCUT2D eigenvalue weighted by atomic mass is 10.2. The fraction of sp³-hybridized carbons (Fsp3) is 0.440. The van der Waals surface area contributed by atoms with Crippen LogP contribution in [0.1, 0.15) is 25.3 Å². The highest BCUT2D eigenvalue weighted by Crippen LogP contribution is 2.36. The van der Waals surface area contributed by atoms with Crippen molar-refractivity contribution in [1.29, 1.82) is 0 Å². The molecule has 36 heavy (non-hydrogen) atoms. The van der Waals surface area contributed by atoms with Gasteiger partial charge in [-0.1, -0.05) is 12.1 Å². The van der Waals surface area contributed by atoms with Crippen molar-refractivity contribution in [2.75, 3.05) is 53.7 Å². The quantitative estimate of drug-likeness (QED) is 0.441. The maximum Gasteiger partial charge on any atom is 0.419 e. The van der Waals surface area contributed by atoms with E-state index in [1.807, 2.05) is 29.4 Å². The molecule has 0 aliphatic carbocycles. The number of thioether (sulfide) groups is 1. The first-order valence-corrected chi connectivity index (χ1v) is 13.2. The Bertz CT molecular complexity index is 1210. The van der Waals surface area contributed by atoms with E-state index in [4.69, 9.17) is 15.0 Å². The fourth-order valence-corrected chi connectivity index (χ4v) is 5.19. The van der Waals surface area contributed by atoms with Gasteiger partial charge in [-0.15, -0.1) is 11.8 Å². The first-order valence-electron chi connectivity index (χ1n) is 12.0. The number of hydrogen-bond acceptors (Lipinski definition) is 8. The number of alkyl halides is 3. The summed E-state index contributed by atoms with van der Waals surface area (Å²) in [6, 6.07) is 10.8. The van der Waals surface area contributed by atoms with Gasteiger partial charge in [-0.25, -0.2) is 4.98 Å². The summed E-state index contributed by atoms with van der Waals surface area (Å²) in [7, 11) is 0. The summed E-state index contributed by atoms with van der Waals surface area (Å²) < 4.78 is 40.6. The third-order valence-corrected chi connectivity index (χ3v) is 7.43. The summed E-state index contributed by atoms with van der Waals surface area (Å²) in [6.07, 6.45) is 1.16. The van der Waals surface area contributed by atoms with Crippen LogP contribution in [0.25, 0.3) is 11.4 Å². The SMILES string of the molecule is CSc1cccc(-c2nc(N3CCN(c4ncccc4C(F)(F)F)CC3)nc(N3CCCC3C)n2)c1. The molecule has 4 heterocycles. The highest BCUT2D eigenvalue weighted by molar-refractivity contribution is 7.98. The van der Waals surface area contributed by atoms with Gasteiger partial charge in [0.05, 0.1) is 5.56 Å². The number of rotatable bonds is 5. The van der Waals surface area contributed by atoms with Crippen molar-refractivity contribution in [1.82, 2.24) is 19.9 Å². The summed E-state index contributed by atoms with van der Waals surface area (Å²) in [5, 5.41) is 0. The number of pyridine rings is 1. The minimum atomic E-state index is -4.45. The molecule has 0 amide bonds. The van der Waals surface area contributed by atoms with Crippen LogP contribution in [0.5, 0.6) is 0 Å². The first kappa shape index (κ1) is 24.6. The highest BCUT2D eigenvalue weighted by Gasteiger charge is 2.36. The standard InChI is InChI=1S/C25H28F3N7S/c1-17-6-5-11-35(17)24-31-21(18-7-3-8-19(16-18)36-2)30-23(32-24)34-14-12-33(13-15-34)22-20(25(26,27)28)9-4-10-29-22/h3-4,7-10,16-17H,5-6,11-15H2,1-2H3. The zero-order valence-corrected chi connectivity index (χ0v) is 21.1. The second-order valence-electron chi connectivity index (χ2n) is 9.02. The zero-order chi connectivity index (χ0) is 25.3. The van der Waals surface area contributed by atoms with E-state index in [9.17, 15) is 13.2 Å². The van der Waals surface area contributed by atoms with Crippen molar-refractivity contribution >= 4 is 29.5 Å². The molecule has 2 fully saturated rings. The molecule has 2 saturated heterocycles. The maximum absolute atomic E-state index is 13.5. The van der Waals surface area contributed by atoms with E-state index >= 15 is 0 Å². The molecule has 1 unspecified atom stereocenters. The number of benzene rings is 1. The van der Waals surface area contributed by atoms with E-state index < -0.39 is 11.7 Å². The van der Waals surface area contributed by atoms with Gasteiger partial charge in [0.2, 0.25) is 11.9 Å². The van der Waals surface area contributed by atoms with Gasteiger partial charge in [-0.05, 0) is 50.3 Å². The van der Waals surface area contributed by atoms with Gasteiger partial charge in [0, 0.05) is 55.4 Å². The molecule has 3 aromatic rings. The van der Waals surface area contributed by atoms with E-state index in [1.54, 1.807) is 16.7 Å². The van der Waals surface area contributed by atoms with Gasteiger partial charge >= 0.3 is 6.18 Å². The van der Waals surface area contributed by atoms with Crippen LogP contribution in [0.2, 0.25) is 0 Å². The number of halogens is 3. The molecule has 2 aromatic heterocycles. The molecular formula is C25H28F3N7S. The molecule has 0 saturated carbocycles. The Kier molecular flexibility index (Phi) is 6.92. The molecule has 2 aliphatic rings. The van der Waals surface area contributed by atoms with Crippen LogP contribution in [-0.4, -0.2) is 65.0 Å². The Morgan fingerprint density at radius 3 is 2.36 bits per heavy atom. The number of anilines is 3. The molecule has 1 aromatic carbocycles. The van der Waals surface area contributed by atoms with Gasteiger partial charge < -0.3 is 14.7 Å². The van der Waals surface area contributed by atoms with E-state index in [1.165, 1.54) is 12.3 Å². The number of piperazine rings is 1.